The minimum Gasteiger partial charge on any atom is -0.370 e. The highest BCUT2D eigenvalue weighted by Crippen LogP contribution is 2.42. The summed E-state index contributed by atoms with van der Waals surface area (Å²) in [6.07, 6.45) is 2.50. The molecule has 0 aromatic carbocycles. The van der Waals surface area contributed by atoms with Crippen LogP contribution in [-0.2, 0) is 16.6 Å². The van der Waals surface area contributed by atoms with E-state index in [0.717, 1.165) is 43.1 Å². The first kappa shape index (κ1) is 18.6. The Bertz CT molecular complexity index is 956. The van der Waals surface area contributed by atoms with Crippen molar-refractivity contribution in [3.05, 3.63) is 17.6 Å². The monoisotopic (exact) mass is 393 g/mol. The summed E-state index contributed by atoms with van der Waals surface area (Å²) in [5, 5.41) is 13.4. The van der Waals surface area contributed by atoms with Gasteiger partial charge in [-0.25, -0.2) is 10.1 Å². The van der Waals surface area contributed by atoms with Crippen molar-refractivity contribution >= 4 is 21.8 Å². The van der Waals surface area contributed by atoms with Gasteiger partial charge in [0.2, 0.25) is 0 Å². The molecule has 1 saturated carbocycles. The van der Waals surface area contributed by atoms with Gasteiger partial charge in [0.25, 0.3) is 16.0 Å². The predicted molar refractivity (Wildman–Crippen MR) is 103 cm³/mol. The summed E-state index contributed by atoms with van der Waals surface area (Å²) in [6.45, 7) is 7.55. The normalized spacial score (nSPS) is 25.7. The third-order valence-electron chi connectivity index (χ3n) is 5.79. The molecule has 1 aliphatic carbocycles. The molecule has 2 aromatic heterocycles. The van der Waals surface area contributed by atoms with E-state index in [1.165, 1.54) is 4.31 Å². The van der Waals surface area contributed by atoms with Crippen LogP contribution in [0.4, 0.5) is 5.82 Å². The van der Waals surface area contributed by atoms with E-state index in [-0.39, 0.29) is 6.04 Å². The van der Waals surface area contributed by atoms with Gasteiger partial charge in [0.15, 0.2) is 5.82 Å². The number of rotatable bonds is 6. The van der Waals surface area contributed by atoms with Gasteiger partial charge in [0, 0.05) is 31.6 Å². The molecule has 2 fully saturated rings. The van der Waals surface area contributed by atoms with Crippen LogP contribution in [0.2, 0.25) is 0 Å². The van der Waals surface area contributed by atoms with E-state index >= 15 is 0 Å². The number of nitrogens with two attached hydrogens (primary N) is 1. The largest absolute Gasteiger partial charge is 0.370 e. The molecule has 3 N–H and O–H groups in total. The Balaban J connectivity index is 1.52. The van der Waals surface area contributed by atoms with Gasteiger partial charge in [-0.05, 0) is 30.6 Å². The molecule has 2 aliphatic rings. The number of hydrogen-bond donors (Lipinski definition) is 2. The van der Waals surface area contributed by atoms with Gasteiger partial charge in [-0.2, -0.15) is 22.2 Å². The van der Waals surface area contributed by atoms with Gasteiger partial charge in [-0.1, -0.05) is 20.8 Å². The Hall–Kier alpha value is -1.78. The Morgan fingerprint density at radius 3 is 2.70 bits per heavy atom. The average Bonchev–Trinajstić information content (AvgIpc) is 3.31. The first-order chi connectivity index (χ1) is 12.8. The molecule has 0 spiro atoms. The zero-order valence-corrected chi connectivity index (χ0v) is 16.8. The van der Waals surface area contributed by atoms with Crippen molar-refractivity contribution in [2.75, 3.05) is 18.4 Å². The van der Waals surface area contributed by atoms with Crippen molar-refractivity contribution in [2.45, 2.75) is 52.0 Å². The number of fused-ring (bicyclic) bond motifs is 3. The summed E-state index contributed by atoms with van der Waals surface area (Å²) in [4.78, 5) is 9.12. The second-order valence-corrected chi connectivity index (χ2v) is 9.45. The summed E-state index contributed by atoms with van der Waals surface area (Å²) in [7, 11) is -3.59. The molecule has 3 atom stereocenters. The lowest BCUT2D eigenvalue weighted by molar-refractivity contribution is 0.271. The van der Waals surface area contributed by atoms with Crippen LogP contribution >= 0.6 is 0 Å². The number of hydrogen-bond acceptors (Lipinski definition) is 6. The molecular formula is C17H27N7O2S. The fourth-order valence-electron chi connectivity index (χ4n) is 4.32. The van der Waals surface area contributed by atoms with Crippen LogP contribution in [0.15, 0.2) is 6.07 Å². The molecule has 1 aliphatic heterocycles. The van der Waals surface area contributed by atoms with E-state index in [2.05, 4.69) is 34.2 Å². The van der Waals surface area contributed by atoms with Crippen LogP contribution in [0.1, 0.15) is 51.0 Å². The van der Waals surface area contributed by atoms with E-state index in [1.54, 1.807) is 4.52 Å². The zero-order chi connectivity index (χ0) is 19.3. The summed E-state index contributed by atoms with van der Waals surface area (Å²) in [5.41, 5.74) is 0.980. The van der Waals surface area contributed by atoms with E-state index in [4.69, 9.17) is 5.14 Å². The highest BCUT2D eigenvalue weighted by molar-refractivity contribution is 7.86. The molecule has 2 aromatic rings. The smallest absolute Gasteiger partial charge is 0.277 e. The number of nitrogens with zero attached hydrogens (tertiary/aromatic N) is 5. The van der Waals surface area contributed by atoms with Crippen LogP contribution in [0.5, 0.6) is 0 Å². The second-order valence-electron chi connectivity index (χ2n) is 7.96. The second kappa shape index (κ2) is 6.68. The van der Waals surface area contributed by atoms with E-state index in [0.29, 0.717) is 30.1 Å². The third-order valence-corrected chi connectivity index (χ3v) is 6.89. The summed E-state index contributed by atoms with van der Waals surface area (Å²) < 4.78 is 26.5. The van der Waals surface area contributed by atoms with Gasteiger partial charge in [-0.3, -0.25) is 0 Å². The predicted octanol–water partition coefficient (Wildman–Crippen LogP) is 1.14. The molecule has 27 heavy (non-hydrogen) atoms. The first-order valence-electron chi connectivity index (χ1n) is 9.56. The topological polar surface area (TPSA) is 119 Å². The third kappa shape index (κ3) is 3.41. The molecule has 148 valence electrons. The van der Waals surface area contributed by atoms with Crippen LogP contribution < -0.4 is 10.5 Å². The maximum absolute atomic E-state index is 11.7. The highest BCUT2D eigenvalue weighted by atomic mass is 32.2. The van der Waals surface area contributed by atoms with Crippen LogP contribution in [0, 0.1) is 11.8 Å². The first-order valence-corrected chi connectivity index (χ1v) is 11.1. The van der Waals surface area contributed by atoms with Crippen molar-refractivity contribution in [3.63, 3.8) is 0 Å². The van der Waals surface area contributed by atoms with Crippen LogP contribution in [0.25, 0.3) is 5.78 Å². The lowest BCUT2D eigenvalue weighted by Gasteiger charge is -2.29. The highest BCUT2D eigenvalue weighted by Gasteiger charge is 2.47. The van der Waals surface area contributed by atoms with Gasteiger partial charge in [-0.15, -0.1) is 5.10 Å². The SMILES string of the molecule is CCc1nc2nc(C(C)C)cc(NC[C@@H]3C[C@@H]4C[C@H]3CN4S(N)(=O)=O)n2n1. The molecular weight excluding hydrogens is 366 g/mol. The molecule has 3 heterocycles. The Morgan fingerprint density at radius 1 is 1.33 bits per heavy atom. The van der Waals surface area contributed by atoms with Gasteiger partial charge in [0.1, 0.15) is 5.82 Å². The number of piperidine rings is 1. The average molecular weight is 394 g/mol. The molecule has 9 nitrogen and oxygen atoms in total. The molecule has 0 amide bonds. The molecule has 1 saturated heterocycles. The zero-order valence-electron chi connectivity index (χ0n) is 16.0. The van der Waals surface area contributed by atoms with Gasteiger partial charge in [0.05, 0.1) is 5.69 Å². The fraction of sp³-hybridized carbons (Fsp3) is 0.706. The van der Waals surface area contributed by atoms with E-state index < -0.39 is 10.2 Å². The Labute approximate surface area is 159 Å². The standard InChI is InChI=1S/C17H27N7O2S/c1-4-15-21-17-20-14(10(2)3)7-16(24(17)22-15)19-8-11-5-13-6-12(11)9-23(13)27(18,25)26/h7,10-13,19H,4-6,8-9H2,1-3H3,(H2,18,25,26)/t11-,12-,13+/m0/s1. The Morgan fingerprint density at radius 2 is 2.11 bits per heavy atom. The minimum absolute atomic E-state index is 0.0403. The van der Waals surface area contributed by atoms with Crippen molar-refractivity contribution in [2.24, 2.45) is 17.0 Å². The lowest BCUT2D eigenvalue weighted by atomic mass is 9.95. The molecule has 0 radical (unpaired) electrons. The number of anilines is 1. The van der Waals surface area contributed by atoms with Crippen molar-refractivity contribution in [1.29, 1.82) is 0 Å². The van der Waals surface area contributed by atoms with Crippen molar-refractivity contribution in [1.82, 2.24) is 23.9 Å². The summed E-state index contributed by atoms with van der Waals surface area (Å²) in [6, 6.07) is 2.08. The summed E-state index contributed by atoms with van der Waals surface area (Å²) >= 11 is 0. The number of nitrogens with one attached hydrogen (secondary N) is 1. The maximum Gasteiger partial charge on any atom is 0.277 e. The fourth-order valence-corrected chi connectivity index (χ4v) is 5.30. The lowest BCUT2D eigenvalue weighted by Crippen LogP contribution is -2.44. The summed E-state index contributed by atoms with van der Waals surface area (Å²) in [5.74, 6) is 3.35. The number of aryl methyl sites for hydroxylation is 1. The molecule has 0 unspecified atom stereocenters. The molecule has 10 heteroatoms. The van der Waals surface area contributed by atoms with Crippen LogP contribution in [0.3, 0.4) is 0 Å². The van der Waals surface area contributed by atoms with Crippen molar-refractivity contribution < 1.29 is 8.42 Å². The maximum atomic E-state index is 11.7. The molecule has 2 bridgehead atoms. The number of aromatic nitrogens is 4. The van der Waals surface area contributed by atoms with Crippen molar-refractivity contribution in [3.8, 4) is 0 Å². The van der Waals surface area contributed by atoms with E-state index in [1.807, 2.05) is 13.0 Å². The quantitative estimate of drug-likeness (QED) is 0.760. The Kier molecular flexibility index (Phi) is 4.59. The van der Waals surface area contributed by atoms with Crippen LogP contribution in [-0.4, -0.2) is 51.4 Å². The van der Waals surface area contributed by atoms with E-state index in [9.17, 15) is 8.42 Å². The minimum atomic E-state index is -3.59. The van der Waals surface area contributed by atoms with Gasteiger partial charge >= 0.3 is 0 Å². The molecule has 4 rings (SSSR count). The van der Waals surface area contributed by atoms with Gasteiger partial charge < -0.3 is 5.32 Å².